The van der Waals surface area contributed by atoms with Crippen molar-refractivity contribution in [3.05, 3.63) is 39.7 Å². The van der Waals surface area contributed by atoms with E-state index in [-0.39, 0.29) is 12.2 Å². The molecule has 0 N–H and O–H groups in total. The van der Waals surface area contributed by atoms with Gasteiger partial charge in [-0.2, -0.15) is 0 Å². The third-order valence-electron chi connectivity index (χ3n) is 3.13. The summed E-state index contributed by atoms with van der Waals surface area (Å²) >= 11 is 0. The highest BCUT2D eigenvalue weighted by Gasteiger charge is 2.13. The molecule has 1 heterocycles. The summed E-state index contributed by atoms with van der Waals surface area (Å²) in [7, 11) is 1.31. The molecule has 0 aliphatic heterocycles. The van der Waals surface area contributed by atoms with Crippen LogP contribution in [0.3, 0.4) is 0 Å². The Balaban J connectivity index is 2.56. The lowest BCUT2D eigenvalue weighted by Crippen LogP contribution is -2.13. The monoisotopic (exact) mass is 290 g/mol. The van der Waals surface area contributed by atoms with Crippen molar-refractivity contribution in [1.29, 1.82) is 0 Å². The fourth-order valence-electron chi connectivity index (χ4n) is 2.25. The average Bonchev–Trinajstić information content (AvgIpc) is 2.43. The molecule has 2 aromatic rings. The maximum Gasteiger partial charge on any atom is 0.343 e. The van der Waals surface area contributed by atoms with E-state index in [9.17, 15) is 9.59 Å². The van der Waals surface area contributed by atoms with Gasteiger partial charge in [-0.25, -0.2) is 9.59 Å². The number of rotatable bonds is 5. The molecule has 0 saturated heterocycles. The minimum Gasteiger partial charge on any atom is -0.481 e. The molecule has 5 nitrogen and oxygen atoms in total. The minimum atomic E-state index is -0.459. The Morgan fingerprint density at radius 1 is 1.29 bits per heavy atom. The highest BCUT2D eigenvalue weighted by atomic mass is 16.6. The Morgan fingerprint density at radius 2 is 2.05 bits per heavy atom. The van der Waals surface area contributed by atoms with Crippen LogP contribution in [0.4, 0.5) is 0 Å². The zero-order valence-electron chi connectivity index (χ0n) is 12.4. The van der Waals surface area contributed by atoms with Crippen molar-refractivity contribution in [3.63, 3.8) is 0 Å². The number of hydrogen-bond acceptors (Lipinski definition) is 5. The van der Waals surface area contributed by atoms with E-state index < -0.39 is 5.97 Å². The summed E-state index contributed by atoms with van der Waals surface area (Å²) in [4.78, 5) is 22.9. The molecular weight excluding hydrogens is 272 g/mol. The molecule has 112 valence electrons. The van der Waals surface area contributed by atoms with Crippen LogP contribution in [0.5, 0.6) is 5.75 Å². The Labute approximate surface area is 122 Å². The van der Waals surface area contributed by atoms with E-state index in [4.69, 9.17) is 9.15 Å². The Hall–Kier alpha value is -2.30. The van der Waals surface area contributed by atoms with Gasteiger partial charge >= 0.3 is 11.6 Å². The van der Waals surface area contributed by atoms with Crippen LogP contribution in [0.1, 0.15) is 24.5 Å². The number of ether oxygens (including phenoxy) is 2. The lowest BCUT2D eigenvalue weighted by atomic mass is 10.0. The topological polar surface area (TPSA) is 65.7 Å². The third-order valence-corrected chi connectivity index (χ3v) is 3.13. The van der Waals surface area contributed by atoms with Gasteiger partial charge in [0.05, 0.1) is 12.5 Å². The summed E-state index contributed by atoms with van der Waals surface area (Å²) < 4.78 is 15.4. The molecule has 2 rings (SSSR count). The second-order valence-corrected chi connectivity index (χ2v) is 4.84. The van der Waals surface area contributed by atoms with Gasteiger partial charge in [-0.15, -0.1) is 0 Å². The molecular formula is C16H18O5. The number of carbonyl (C=O) groups is 1. The zero-order chi connectivity index (χ0) is 15.4. The average molecular weight is 290 g/mol. The summed E-state index contributed by atoms with van der Waals surface area (Å²) in [6, 6.07) is 5.09. The summed E-state index contributed by atoms with van der Waals surface area (Å²) in [6.07, 6.45) is 1.63. The lowest BCUT2D eigenvalue weighted by Gasteiger charge is -2.12. The van der Waals surface area contributed by atoms with Gasteiger partial charge in [0, 0.05) is 6.07 Å². The summed E-state index contributed by atoms with van der Waals surface area (Å²) in [5, 5.41) is 0.742. The van der Waals surface area contributed by atoms with E-state index in [1.54, 1.807) is 6.07 Å². The largest absolute Gasteiger partial charge is 0.481 e. The highest BCUT2D eigenvalue weighted by molar-refractivity contribution is 5.88. The van der Waals surface area contributed by atoms with Crippen LogP contribution >= 0.6 is 0 Å². The number of esters is 1. The van der Waals surface area contributed by atoms with Crippen molar-refractivity contribution < 1.29 is 18.7 Å². The first-order valence-corrected chi connectivity index (χ1v) is 6.82. The maximum absolute atomic E-state index is 11.6. The number of methoxy groups -OCH3 is 1. The third kappa shape index (κ3) is 3.42. The van der Waals surface area contributed by atoms with Gasteiger partial charge in [-0.05, 0) is 36.6 Å². The van der Waals surface area contributed by atoms with Crippen LogP contribution in [0, 0.1) is 6.92 Å². The lowest BCUT2D eigenvalue weighted by molar-refractivity contribution is -0.142. The number of aryl methyl sites for hydroxylation is 2. The molecule has 21 heavy (non-hydrogen) atoms. The molecule has 0 unspecified atom stereocenters. The molecule has 0 aliphatic carbocycles. The second-order valence-electron chi connectivity index (χ2n) is 4.84. The van der Waals surface area contributed by atoms with Crippen LogP contribution in [-0.4, -0.2) is 19.7 Å². The zero-order valence-corrected chi connectivity index (χ0v) is 12.4. The van der Waals surface area contributed by atoms with Crippen molar-refractivity contribution in [2.24, 2.45) is 0 Å². The van der Waals surface area contributed by atoms with E-state index >= 15 is 0 Å². The molecule has 0 radical (unpaired) electrons. The second kappa shape index (κ2) is 6.43. The first-order valence-electron chi connectivity index (χ1n) is 6.82. The quantitative estimate of drug-likeness (QED) is 0.625. The summed E-state index contributed by atoms with van der Waals surface area (Å²) in [5.74, 6) is 0.0710. The van der Waals surface area contributed by atoms with Crippen LogP contribution in [0.2, 0.25) is 0 Å². The molecule has 5 heteroatoms. The number of hydrogen-bond donors (Lipinski definition) is 0. The Bertz CT molecular complexity index is 714. The van der Waals surface area contributed by atoms with Crippen LogP contribution in [0.15, 0.2) is 27.4 Å². The van der Waals surface area contributed by atoms with Gasteiger partial charge in [0.25, 0.3) is 0 Å². The Morgan fingerprint density at radius 3 is 2.71 bits per heavy atom. The van der Waals surface area contributed by atoms with Gasteiger partial charge < -0.3 is 13.9 Å². The van der Waals surface area contributed by atoms with Gasteiger partial charge in [-0.3, -0.25) is 0 Å². The molecule has 0 bridgehead atoms. The molecule has 1 aromatic carbocycles. The summed E-state index contributed by atoms with van der Waals surface area (Å²) in [6.45, 7) is 3.72. The van der Waals surface area contributed by atoms with Crippen molar-refractivity contribution in [2.75, 3.05) is 13.7 Å². The normalized spacial score (nSPS) is 10.6. The maximum atomic E-state index is 11.6. The molecule has 0 fully saturated rings. The van der Waals surface area contributed by atoms with Crippen LogP contribution in [0.25, 0.3) is 11.0 Å². The standard InChI is InChI=1S/C16H18O5/c1-4-5-11-8-14(17)21-13-7-10(2)6-12(16(11)13)20-9-15(18)19-3/h6-8H,4-5,9H2,1-3H3. The van der Waals surface area contributed by atoms with Crippen molar-refractivity contribution >= 4 is 16.9 Å². The summed E-state index contributed by atoms with van der Waals surface area (Å²) in [5.41, 5.74) is 1.85. The fourth-order valence-corrected chi connectivity index (χ4v) is 2.25. The first kappa shape index (κ1) is 15.1. The predicted octanol–water partition coefficient (Wildman–Crippen LogP) is 2.61. The number of carbonyl (C=O) groups excluding carboxylic acids is 1. The minimum absolute atomic E-state index is 0.181. The van der Waals surface area contributed by atoms with Crippen molar-refractivity contribution in [2.45, 2.75) is 26.7 Å². The van der Waals surface area contributed by atoms with Crippen molar-refractivity contribution in [1.82, 2.24) is 0 Å². The van der Waals surface area contributed by atoms with Crippen LogP contribution < -0.4 is 10.4 Å². The molecule has 0 spiro atoms. The van der Waals surface area contributed by atoms with E-state index in [1.807, 2.05) is 19.9 Å². The number of fused-ring (bicyclic) bond motifs is 1. The molecule has 0 aliphatic rings. The molecule has 1 aromatic heterocycles. The van der Waals surface area contributed by atoms with E-state index in [0.717, 1.165) is 29.4 Å². The smallest absolute Gasteiger partial charge is 0.343 e. The van der Waals surface area contributed by atoms with Gasteiger partial charge in [0.15, 0.2) is 6.61 Å². The van der Waals surface area contributed by atoms with Crippen LogP contribution in [-0.2, 0) is 16.0 Å². The molecule has 0 amide bonds. The predicted molar refractivity (Wildman–Crippen MR) is 78.7 cm³/mol. The Kier molecular flexibility index (Phi) is 4.62. The first-order chi connectivity index (χ1) is 10.0. The molecule has 0 saturated carbocycles. The number of benzene rings is 1. The van der Waals surface area contributed by atoms with Gasteiger partial charge in [0.2, 0.25) is 0 Å². The highest BCUT2D eigenvalue weighted by Crippen LogP contribution is 2.30. The van der Waals surface area contributed by atoms with Gasteiger partial charge in [0.1, 0.15) is 11.3 Å². The SMILES string of the molecule is CCCc1cc(=O)oc2cc(C)cc(OCC(=O)OC)c12. The van der Waals surface area contributed by atoms with E-state index in [1.165, 1.54) is 13.2 Å². The van der Waals surface area contributed by atoms with E-state index in [2.05, 4.69) is 4.74 Å². The van der Waals surface area contributed by atoms with E-state index in [0.29, 0.717) is 11.3 Å². The fraction of sp³-hybridized carbons (Fsp3) is 0.375. The molecule has 0 atom stereocenters. The van der Waals surface area contributed by atoms with Gasteiger partial charge in [-0.1, -0.05) is 13.3 Å². The van der Waals surface area contributed by atoms with Crippen molar-refractivity contribution in [3.8, 4) is 5.75 Å².